The molecule has 1 fully saturated rings. The zero-order valence-corrected chi connectivity index (χ0v) is 22.2. The summed E-state index contributed by atoms with van der Waals surface area (Å²) in [5.41, 5.74) is 12.5. The fraction of sp³-hybridized carbons (Fsp3) is 0.207. The number of nitrogens with two attached hydrogens (primary N) is 1. The van der Waals surface area contributed by atoms with E-state index >= 15 is 0 Å². The van der Waals surface area contributed by atoms with Crippen molar-refractivity contribution in [3.05, 3.63) is 95.4 Å². The molecule has 9 heteroatoms. The number of rotatable bonds is 3. The number of anilines is 2. The van der Waals surface area contributed by atoms with E-state index in [1.165, 1.54) is 6.33 Å². The summed E-state index contributed by atoms with van der Waals surface area (Å²) in [4.78, 5) is 31.9. The van der Waals surface area contributed by atoms with Gasteiger partial charge in [0.05, 0.1) is 17.0 Å². The maximum Gasteiger partial charge on any atom is 0.236 e. The Balaban J connectivity index is 0.000000316. The molecule has 0 radical (unpaired) electrons. The van der Waals surface area contributed by atoms with Crippen LogP contribution in [0.1, 0.15) is 29.4 Å². The average Bonchev–Trinajstić information content (AvgIpc) is 3.45. The van der Waals surface area contributed by atoms with Gasteiger partial charge < -0.3 is 15.2 Å². The number of amides is 1. The van der Waals surface area contributed by atoms with Crippen LogP contribution in [0.2, 0.25) is 5.15 Å². The number of carbonyl (C=O) groups is 1. The number of fused-ring (bicyclic) bond motifs is 1. The smallest absolute Gasteiger partial charge is 0.236 e. The predicted octanol–water partition coefficient (Wildman–Crippen LogP) is 5.48. The summed E-state index contributed by atoms with van der Waals surface area (Å²) in [7, 11) is 1.94. The van der Waals surface area contributed by atoms with Gasteiger partial charge in [-0.1, -0.05) is 35.9 Å². The number of nitrogens with zero attached hydrogens (tertiary/aromatic N) is 6. The van der Waals surface area contributed by atoms with Crippen LogP contribution in [0.4, 0.5) is 11.5 Å². The van der Waals surface area contributed by atoms with Crippen LogP contribution in [-0.4, -0.2) is 37.0 Å². The molecule has 1 aromatic carbocycles. The van der Waals surface area contributed by atoms with Crippen LogP contribution in [0.25, 0.3) is 22.2 Å². The van der Waals surface area contributed by atoms with E-state index in [1.54, 1.807) is 6.07 Å². The van der Waals surface area contributed by atoms with E-state index in [1.807, 2.05) is 91.2 Å². The monoisotopic (exact) mass is 525 g/mol. The lowest BCUT2D eigenvalue weighted by Crippen LogP contribution is -2.26. The third-order valence-corrected chi connectivity index (χ3v) is 6.81. The molecule has 8 nitrogen and oxygen atoms in total. The molecule has 0 spiro atoms. The molecule has 38 heavy (non-hydrogen) atoms. The normalized spacial score (nSPS) is 15.0. The second kappa shape index (κ2) is 10.6. The van der Waals surface area contributed by atoms with Gasteiger partial charge in [0.2, 0.25) is 5.91 Å². The SMILES string of the molecule is Cc1cccc(C2CCN(c3ccc(-c4cn(C)c5ncnc(N)c45)cc3)C2=O)n1.Cc1cccc(Cl)n1. The van der Waals surface area contributed by atoms with E-state index in [9.17, 15) is 4.79 Å². The number of aryl methyl sites for hydroxylation is 3. The van der Waals surface area contributed by atoms with Crippen molar-refractivity contribution in [2.24, 2.45) is 7.05 Å². The number of benzene rings is 1. The Morgan fingerprint density at radius 1 is 0.947 bits per heavy atom. The van der Waals surface area contributed by atoms with Gasteiger partial charge in [-0.15, -0.1) is 0 Å². The number of aromatic nitrogens is 5. The fourth-order valence-electron chi connectivity index (χ4n) is 4.75. The van der Waals surface area contributed by atoms with Crippen LogP contribution in [0.5, 0.6) is 0 Å². The van der Waals surface area contributed by atoms with Crippen LogP contribution in [0.15, 0.2) is 73.2 Å². The molecule has 192 valence electrons. The number of hydrogen-bond acceptors (Lipinski definition) is 6. The highest BCUT2D eigenvalue weighted by molar-refractivity contribution is 6.29. The molecule has 2 N–H and O–H groups in total. The van der Waals surface area contributed by atoms with Gasteiger partial charge in [-0.3, -0.25) is 9.78 Å². The van der Waals surface area contributed by atoms with Gasteiger partial charge in [0.25, 0.3) is 0 Å². The maximum atomic E-state index is 13.0. The standard InChI is InChI=1S/C23H22N6O.C6H6ClN/c1-14-4-3-5-19(27-14)17-10-11-29(23(17)30)16-8-6-15(7-9-16)18-12-28(2)22-20(18)21(24)25-13-26-22;1-5-3-2-4-6(7)8-5/h3-9,12-13,17H,10-11H2,1-2H3,(H2,24,25,26);2-4H,1H3. The van der Waals surface area contributed by atoms with Gasteiger partial charge in [0.15, 0.2) is 0 Å². The van der Waals surface area contributed by atoms with Gasteiger partial charge in [0.1, 0.15) is 22.9 Å². The van der Waals surface area contributed by atoms with Crippen molar-refractivity contribution in [3.63, 3.8) is 0 Å². The zero-order chi connectivity index (χ0) is 26.8. The summed E-state index contributed by atoms with van der Waals surface area (Å²) in [6.07, 6.45) is 4.25. The van der Waals surface area contributed by atoms with Gasteiger partial charge >= 0.3 is 0 Å². The number of carbonyl (C=O) groups excluding carboxylic acids is 1. The first kappa shape index (κ1) is 25.4. The van der Waals surface area contributed by atoms with Crippen molar-refractivity contribution in [3.8, 4) is 11.1 Å². The summed E-state index contributed by atoms with van der Waals surface area (Å²) in [6.45, 7) is 4.55. The van der Waals surface area contributed by atoms with Crippen LogP contribution in [0.3, 0.4) is 0 Å². The molecule has 5 heterocycles. The average molecular weight is 526 g/mol. The molecule has 0 aliphatic carbocycles. The second-order valence-corrected chi connectivity index (χ2v) is 9.68. The summed E-state index contributed by atoms with van der Waals surface area (Å²) in [6, 6.07) is 19.4. The quantitative estimate of drug-likeness (QED) is 0.313. The first-order chi connectivity index (χ1) is 18.3. The third-order valence-electron chi connectivity index (χ3n) is 6.60. The van der Waals surface area contributed by atoms with Crippen LogP contribution < -0.4 is 10.6 Å². The Bertz CT molecular complexity index is 1600. The Labute approximate surface area is 226 Å². The molecule has 1 unspecified atom stereocenters. The van der Waals surface area contributed by atoms with Gasteiger partial charge in [-0.25, -0.2) is 15.0 Å². The topological polar surface area (TPSA) is 103 Å². The lowest BCUT2D eigenvalue weighted by molar-refractivity contribution is -0.118. The summed E-state index contributed by atoms with van der Waals surface area (Å²) in [5.74, 6) is 0.381. The minimum atomic E-state index is -0.181. The lowest BCUT2D eigenvalue weighted by atomic mass is 10.0. The van der Waals surface area contributed by atoms with Crippen molar-refractivity contribution in [2.45, 2.75) is 26.2 Å². The van der Waals surface area contributed by atoms with Crippen molar-refractivity contribution < 1.29 is 4.79 Å². The molecule has 0 bridgehead atoms. The molecule has 1 amide bonds. The molecule has 1 saturated heterocycles. The summed E-state index contributed by atoms with van der Waals surface area (Å²) >= 11 is 5.53. The predicted molar refractivity (Wildman–Crippen MR) is 151 cm³/mol. The Kier molecular flexibility index (Phi) is 7.07. The summed E-state index contributed by atoms with van der Waals surface area (Å²) < 4.78 is 1.94. The fourth-order valence-corrected chi connectivity index (χ4v) is 4.96. The molecule has 1 atom stereocenters. The lowest BCUT2D eigenvalue weighted by Gasteiger charge is -2.17. The van der Waals surface area contributed by atoms with Crippen molar-refractivity contribution in [1.82, 2.24) is 24.5 Å². The number of halogens is 1. The van der Waals surface area contributed by atoms with Crippen molar-refractivity contribution in [1.29, 1.82) is 0 Å². The summed E-state index contributed by atoms with van der Waals surface area (Å²) in [5, 5.41) is 1.40. The van der Waals surface area contributed by atoms with E-state index in [-0.39, 0.29) is 11.8 Å². The molecular weight excluding hydrogens is 498 g/mol. The van der Waals surface area contributed by atoms with E-state index < -0.39 is 0 Å². The van der Waals surface area contributed by atoms with E-state index in [0.29, 0.717) is 17.5 Å². The van der Waals surface area contributed by atoms with Crippen LogP contribution >= 0.6 is 11.6 Å². The molecule has 0 saturated carbocycles. The van der Waals surface area contributed by atoms with Gasteiger partial charge in [-0.2, -0.15) is 0 Å². The van der Waals surface area contributed by atoms with Crippen LogP contribution in [-0.2, 0) is 11.8 Å². The minimum absolute atomic E-state index is 0.101. The number of nitrogen functional groups attached to an aromatic ring is 1. The van der Waals surface area contributed by atoms with Gasteiger partial charge in [0, 0.05) is 42.4 Å². The van der Waals surface area contributed by atoms with Crippen LogP contribution in [0, 0.1) is 13.8 Å². The molecule has 1 aliphatic heterocycles. The number of pyridine rings is 2. The second-order valence-electron chi connectivity index (χ2n) is 9.29. The largest absolute Gasteiger partial charge is 0.383 e. The molecule has 6 rings (SSSR count). The minimum Gasteiger partial charge on any atom is -0.383 e. The van der Waals surface area contributed by atoms with E-state index in [0.717, 1.165) is 51.4 Å². The third kappa shape index (κ3) is 5.08. The van der Waals surface area contributed by atoms with E-state index in [4.69, 9.17) is 17.3 Å². The van der Waals surface area contributed by atoms with Gasteiger partial charge in [-0.05, 0) is 62.2 Å². The number of hydrogen-bond donors (Lipinski definition) is 1. The molecule has 5 aromatic rings. The highest BCUT2D eigenvalue weighted by Crippen LogP contribution is 2.35. The zero-order valence-electron chi connectivity index (χ0n) is 21.5. The molecular formula is C29H28ClN7O. The van der Waals surface area contributed by atoms with E-state index in [2.05, 4.69) is 19.9 Å². The highest BCUT2D eigenvalue weighted by Gasteiger charge is 2.34. The maximum absolute atomic E-state index is 13.0. The molecule has 4 aromatic heterocycles. The Morgan fingerprint density at radius 2 is 1.66 bits per heavy atom. The van der Waals surface area contributed by atoms with Crippen molar-refractivity contribution >= 4 is 40.0 Å². The highest BCUT2D eigenvalue weighted by atomic mass is 35.5. The first-order valence-corrected chi connectivity index (χ1v) is 12.7. The first-order valence-electron chi connectivity index (χ1n) is 12.3. The Hall–Kier alpha value is -4.30. The molecule has 1 aliphatic rings. The Morgan fingerprint density at radius 3 is 2.32 bits per heavy atom. The van der Waals surface area contributed by atoms with Crippen molar-refractivity contribution in [2.75, 3.05) is 17.2 Å².